The minimum absolute atomic E-state index is 0.273. The lowest BCUT2D eigenvalue weighted by molar-refractivity contribution is -0.127. The highest BCUT2D eigenvalue weighted by atomic mass is 19.1. The number of halogens is 2. The van der Waals surface area contributed by atoms with E-state index in [9.17, 15) is 23.6 Å². The van der Waals surface area contributed by atoms with Crippen LogP contribution in [0.4, 0.5) is 14.5 Å². The Hall–Kier alpha value is -3.31. The number of nitrogens with one attached hydrogen (secondary N) is 2. The molecule has 4 unspecified atom stereocenters. The molecule has 4 rings (SSSR count). The van der Waals surface area contributed by atoms with Gasteiger partial charge in [-0.3, -0.25) is 14.9 Å². The molecule has 0 bridgehead atoms. The highest BCUT2D eigenvalue weighted by Gasteiger charge is 2.71. The van der Waals surface area contributed by atoms with Crippen LogP contribution in [0.25, 0.3) is 0 Å². The van der Waals surface area contributed by atoms with Gasteiger partial charge in [0.1, 0.15) is 17.2 Å². The van der Waals surface area contributed by atoms with Crippen molar-refractivity contribution in [3.63, 3.8) is 0 Å². The molecule has 1 spiro atoms. The minimum atomic E-state index is -1.84. The van der Waals surface area contributed by atoms with Gasteiger partial charge in [-0.15, -0.1) is 0 Å². The second-order valence-electron chi connectivity index (χ2n) is 8.15. The molecule has 30 heavy (non-hydrogen) atoms. The van der Waals surface area contributed by atoms with E-state index in [4.69, 9.17) is 5.73 Å². The number of hydrogen-bond donors (Lipinski definition) is 3. The van der Waals surface area contributed by atoms with Crippen molar-refractivity contribution >= 4 is 17.5 Å². The van der Waals surface area contributed by atoms with E-state index in [0.29, 0.717) is 11.3 Å². The van der Waals surface area contributed by atoms with Crippen LogP contribution in [0, 0.1) is 34.3 Å². The van der Waals surface area contributed by atoms with Crippen molar-refractivity contribution in [1.29, 1.82) is 5.26 Å². The summed E-state index contributed by atoms with van der Waals surface area (Å²) >= 11 is 0. The molecule has 0 aliphatic carbocycles. The van der Waals surface area contributed by atoms with E-state index in [1.807, 2.05) is 0 Å². The van der Waals surface area contributed by atoms with Crippen molar-refractivity contribution in [3.8, 4) is 6.07 Å². The molecule has 1 fully saturated rings. The summed E-state index contributed by atoms with van der Waals surface area (Å²) in [5, 5.41) is 16.2. The summed E-state index contributed by atoms with van der Waals surface area (Å²) in [5.41, 5.74) is 3.36. The Morgan fingerprint density at radius 2 is 1.80 bits per heavy atom. The standard InChI is InChI=1S/C22H20F2N4O2/c1-11(2)18-21(10-25,19(26)29)17(12-3-5-13(23)6-4-12)22(28-18)15-9-14(24)7-8-16(15)27-20(22)30/h3-9,11,17-18,28H,1-2H3,(H2,26,29)(H,27,30). The van der Waals surface area contributed by atoms with Crippen LogP contribution in [0.15, 0.2) is 42.5 Å². The highest BCUT2D eigenvalue weighted by Crippen LogP contribution is 2.60. The van der Waals surface area contributed by atoms with Crippen LogP contribution in [0.3, 0.4) is 0 Å². The molecule has 6 nitrogen and oxygen atoms in total. The quantitative estimate of drug-likeness (QED) is 0.723. The van der Waals surface area contributed by atoms with Crippen LogP contribution in [0.2, 0.25) is 0 Å². The number of rotatable bonds is 3. The van der Waals surface area contributed by atoms with Gasteiger partial charge in [0.05, 0.1) is 6.07 Å². The molecule has 8 heteroatoms. The van der Waals surface area contributed by atoms with E-state index in [1.54, 1.807) is 13.8 Å². The van der Waals surface area contributed by atoms with E-state index in [-0.39, 0.29) is 11.5 Å². The lowest BCUT2D eigenvalue weighted by Crippen LogP contribution is -2.50. The van der Waals surface area contributed by atoms with Gasteiger partial charge >= 0.3 is 0 Å². The Morgan fingerprint density at radius 3 is 2.37 bits per heavy atom. The molecule has 2 heterocycles. The molecule has 2 aromatic carbocycles. The van der Waals surface area contributed by atoms with Crippen molar-refractivity contribution in [2.75, 3.05) is 5.32 Å². The van der Waals surface area contributed by atoms with Crippen molar-refractivity contribution in [3.05, 3.63) is 65.2 Å². The number of carbonyl (C=O) groups excluding carboxylic acids is 2. The zero-order valence-electron chi connectivity index (χ0n) is 16.4. The molecule has 0 aromatic heterocycles. The molecular formula is C22H20F2N4O2. The van der Waals surface area contributed by atoms with Crippen LogP contribution in [0.5, 0.6) is 0 Å². The van der Waals surface area contributed by atoms with E-state index in [0.717, 1.165) is 0 Å². The number of nitriles is 1. The number of carbonyl (C=O) groups is 2. The predicted octanol–water partition coefficient (Wildman–Crippen LogP) is 2.52. The number of hydrogen-bond acceptors (Lipinski definition) is 4. The van der Waals surface area contributed by atoms with Crippen LogP contribution in [0.1, 0.15) is 30.9 Å². The summed E-state index contributed by atoms with van der Waals surface area (Å²) in [6.07, 6.45) is 0. The second kappa shape index (κ2) is 6.61. The maximum absolute atomic E-state index is 14.2. The lowest BCUT2D eigenvalue weighted by atomic mass is 9.62. The smallest absolute Gasteiger partial charge is 0.250 e. The fourth-order valence-corrected chi connectivity index (χ4v) is 5.03. The van der Waals surface area contributed by atoms with Gasteiger partial charge in [0.2, 0.25) is 11.8 Å². The maximum Gasteiger partial charge on any atom is 0.250 e. The second-order valence-corrected chi connectivity index (χ2v) is 8.15. The first-order valence-electron chi connectivity index (χ1n) is 9.54. The summed E-state index contributed by atoms with van der Waals surface area (Å²) in [4.78, 5) is 26.2. The number of anilines is 1. The highest BCUT2D eigenvalue weighted by molar-refractivity contribution is 6.08. The first kappa shape index (κ1) is 20.0. The molecule has 2 aliphatic heterocycles. The zero-order chi connectivity index (χ0) is 21.8. The van der Waals surface area contributed by atoms with Gasteiger partial charge in [0.25, 0.3) is 0 Å². The Balaban J connectivity index is 2.10. The Bertz CT molecular complexity index is 1100. The van der Waals surface area contributed by atoms with Crippen molar-refractivity contribution in [2.24, 2.45) is 17.1 Å². The molecule has 2 aliphatic rings. The molecule has 0 saturated carbocycles. The number of nitrogens with zero attached hydrogens (tertiary/aromatic N) is 1. The molecule has 154 valence electrons. The van der Waals surface area contributed by atoms with E-state index < -0.39 is 46.4 Å². The topological polar surface area (TPSA) is 108 Å². The monoisotopic (exact) mass is 410 g/mol. The largest absolute Gasteiger partial charge is 0.368 e. The van der Waals surface area contributed by atoms with E-state index >= 15 is 0 Å². The Labute approximate surface area is 172 Å². The Kier molecular flexibility index (Phi) is 4.40. The number of nitrogens with two attached hydrogens (primary N) is 1. The third-order valence-corrected chi connectivity index (χ3v) is 6.24. The SMILES string of the molecule is CC(C)C1NC2(C(=O)Nc3ccc(F)cc32)C(c2ccc(F)cc2)C1(C#N)C(N)=O. The number of primary amides is 1. The number of fused-ring (bicyclic) bond motifs is 2. The molecule has 1 saturated heterocycles. The lowest BCUT2D eigenvalue weighted by Gasteiger charge is -2.35. The zero-order valence-corrected chi connectivity index (χ0v) is 16.4. The third kappa shape index (κ3) is 2.42. The van der Waals surface area contributed by atoms with E-state index in [2.05, 4.69) is 16.7 Å². The first-order chi connectivity index (χ1) is 14.2. The number of benzene rings is 2. The third-order valence-electron chi connectivity index (χ3n) is 6.24. The molecule has 4 N–H and O–H groups in total. The van der Waals surface area contributed by atoms with Gasteiger partial charge < -0.3 is 11.1 Å². The normalized spacial score (nSPS) is 29.7. The fourth-order valence-electron chi connectivity index (χ4n) is 5.03. The van der Waals surface area contributed by atoms with Crippen LogP contribution in [-0.2, 0) is 15.1 Å². The van der Waals surface area contributed by atoms with E-state index in [1.165, 1.54) is 42.5 Å². The summed E-state index contributed by atoms with van der Waals surface area (Å²) in [5.74, 6) is -3.89. The summed E-state index contributed by atoms with van der Waals surface area (Å²) in [6.45, 7) is 3.60. The van der Waals surface area contributed by atoms with Crippen LogP contribution < -0.4 is 16.4 Å². The van der Waals surface area contributed by atoms with Crippen LogP contribution in [-0.4, -0.2) is 17.9 Å². The molecule has 4 atom stereocenters. The number of amides is 2. The summed E-state index contributed by atoms with van der Waals surface area (Å²) in [7, 11) is 0. The van der Waals surface area contributed by atoms with Crippen LogP contribution >= 0.6 is 0 Å². The fraction of sp³-hybridized carbons (Fsp3) is 0.318. The summed E-state index contributed by atoms with van der Waals surface area (Å²) < 4.78 is 27.9. The molecule has 2 amide bonds. The summed E-state index contributed by atoms with van der Waals surface area (Å²) in [6, 6.07) is 10.4. The van der Waals surface area contributed by atoms with Gasteiger partial charge in [-0.2, -0.15) is 5.26 Å². The predicted molar refractivity (Wildman–Crippen MR) is 105 cm³/mol. The van der Waals surface area contributed by atoms with Crippen molar-refractivity contribution < 1.29 is 18.4 Å². The average molecular weight is 410 g/mol. The van der Waals surface area contributed by atoms with Crippen molar-refractivity contribution in [1.82, 2.24) is 5.32 Å². The first-order valence-corrected chi connectivity index (χ1v) is 9.54. The van der Waals surface area contributed by atoms with Gasteiger partial charge in [-0.1, -0.05) is 26.0 Å². The van der Waals surface area contributed by atoms with Gasteiger partial charge in [-0.25, -0.2) is 8.78 Å². The molecular weight excluding hydrogens is 390 g/mol. The van der Waals surface area contributed by atoms with Gasteiger partial charge in [0, 0.05) is 23.2 Å². The minimum Gasteiger partial charge on any atom is -0.368 e. The van der Waals surface area contributed by atoms with Gasteiger partial charge in [-0.05, 0) is 41.8 Å². The average Bonchev–Trinajstić information content (AvgIpc) is 3.17. The maximum atomic E-state index is 14.2. The Morgan fingerprint density at radius 1 is 1.17 bits per heavy atom. The molecule has 0 radical (unpaired) electrons. The van der Waals surface area contributed by atoms with Gasteiger partial charge in [0.15, 0.2) is 5.41 Å². The van der Waals surface area contributed by atoms with Crippen molar-refractivity contribution in [2.45, 2.75) is 31.3 Å². The molecule has 2 aromatic rings.